The van der Waals surface area contributed by atoms with Crippen LogP contribution in [0.1, 0.15) is 11.6 Å². The highest BCUT2D eigenvalue weighted by Gasteiger charge is 2.32. The van der Waals surface area contributed by atoms with Crippen LogP contribution in [0.15, 0.2) is 47.4 Å². The zero-order valence-electron chi connectivity index (χ0n) is 15.2. The highest BCUT2D eigenvalue weighted by molar-refractivity contribution is 7.89. The number of benzene rings is 2. The number of ether oxygens (including phenoxy) is 1. The van der Waals surface area contributed by atoms with Gasteiger partial charge in [-0.15, -0.1) is 0 Å². The van der Waals surface area contributed by atoms with Crippen LogP contribution >= 0.6 is 11.6 Å². The highest BCUT2D eigenvalue weighted by Crippen LogP contribution is 2.28. The van der Waals surface area contributed by atoms with Crippen LogP contribution in [0.5, 0.6) is 5.75 Å². The van der Waals surface area contributed by atoms with Crippen LogP contribution in [-0.4, -0.2) is 50.9 Å². The monoisotopic (exact) mass is 423 g/mol. The van der Waals surface area contributed by atoms with Crippen molar-refractivity contribution in [1.82, 2.24) is 9.21 Å². The van der Waals surface area contributed by atoms with Gasteiger partial charge in [-0.3, -0.25) is 4.90 Å². The van der Waals surface area contributed by atoms with E-state index in [4.69, 9.17) is 16.3 Å². The average molecular weight is 424 g/mol. The van der Waals surface area contributed by atoms with Crippen LogP contribution < -0.4 is 4.74 Å². The van der Waals surface area contributed by atoms with Crippen molar-refractivity contribution in [2.24, 2.45) is 0 Å². The molecule has 1 aliphatic rings. The van der Waals surface area contributed by atoms with Gasteiger partial charge in [0.1, 0.15) is 22.5 Å². The largest absolute Gasteiger partial charge is 0.497 e. The third kappa shape index (κ3) is 4.13. The minimum atomic E-state index is -3.83. The van der Waals surface area contributed by atoms with Gasteiger partial charge in [-0.05, 0) is 35.9 Å². The van der Waals surface area contributed by atoms with Gasteiger partial charge in [0.15, 0.2) is 0 Å². The van der Waals surface area contributed by atoms with Crippen LogP contribution in [0.4, 0.5) is 4.39 Å². The van der Waals surface area contributed by atoms with Gasteiger partial charge >= 0.3 is 0 Å². The Labute approximate surface area is 168 Å². The maximum absolute atomic E-state index is 13.2. The number of rotatable bonds is 5. The lowest BCUT2D eigenvalue weighted by atomic mass is 10.1. The Balaban J connectivity index is 1.73. The van der Waals surface area contributed by atoms with Crippen LogP contribution in [0.3, 0.4) is 0 Å². The molecule has 0 unspecified atom stereocenters. The van der Waals surface area contributed by atoms with E-state index in [1.165, 1.54) is 10.4 Å². The molecule has 148 valence electrons. The van der Waals surface area contributed by atoms with Crippen molar-refractivity contribution in [3.05, 3.63) is 58.9 Å². The maximum atomic E-state index is 13.2. The molecule has 2 aromatic carbocycles. The molecule has 0 aromatic heterocycles. The van der Waals surface area contributed by atoms with Gasteiger partial charge in [-0.1, -0.05) is 23.7 Å². The summed E-state index contributed by atoms with van der Waals surface area (Å²) < 4.78 is 45.3. The Kier molecular flexibility index (Phi) is 6.20. The summed E-state index contributed by atoms with van der Waals surface area (Å²) in [4.78, 5) is 1.82. The second-order valence-corrected chi connectivity index (χ2v) is 8.63. The van der Waals surface area contributed by atoms with Gasteiger partial charge in [0.25, 0.3) is 0 Å². The molecule has 1 heterocycles. The van der Waals surface area contributed by atoms with Crippen LogP contribution in [0.2, 0.25) is 5.02 Å². The molecule has 6 nitrogen and oxygen atoms in total. The Hall–Kier alpha value is -2.18. The van der Waals surface area contributed by atoms with Crippen LogP contribution in [0.25, 0.3) is 0 Å². The summed E-state index contributed by atoms with van der Waals surface area (Å²) in [5.41, 5.74) is 0.821. The van der Waals surface area contributed by atoms with E-state index in [9.17, 15) is 18.1 Å². The molecule has 0 spiro atoms. The Morgan fingerprint density at radius 3 is 2.32 bits per heavy atom. The summed E-state index contributed by atoms with van der Waals surface area (Å²) in [5.74, 6) is 0.109. The highest BCUT2D eigenvalue weighted by atomic mass is 35.5. The smallest absolute Gasteiger partial charge is 0.244 e. The van der Waals surface area contributed by atoms with E-state index in [-0.39, 0.29) is 23.0 Å². The van der Waals surface area contributed by atoms with E-state index in [0.29, 0.717) is 18.8 Å². The number of nitriles is 1. The maximum Gasteiger partial charge on any atom is 0.244 e. The zero-order valence-corrected chi connectivity index (χ0v) is 16.8. The summed E-state index contributed by atoms with van der Waals surface area (Å²) in [6.45, 7) is 1.21. The molecule has 3 rings (SSSR count). The lowest BCUT2D eigenvalue weighted by Gasteiger charge is -2.36. The molecule has 1 saturated heterocycles. The number of methoxy groups -OCH3 is 1. The van der Waals surface area contributed by atoms with Gasteiger partial charge in [0, 0.05) is 26.2 Å². The minimum absolute atomic E-state index is 0.115. The fraction of sp³-hybridized carbons (Fsp3) is 0.316. The molecule has 0 radical (unpaired) electrons. The summed E-state index contributed by atoms with van der Waals surface area (Å²) in [6, 6.07) is 12.3. The Morgan fingerprint density at radius 2 is 1.79 bits per heavy atom. The van der Waals surface area contributed by atoms with E-state index in [2.05, 4.69) is 6.07 Å². The van der Waals surface area contributed by atoms with Gasteiger partial charge in [0.2, 0.25) is 10.0 Å². The van der Waals surface area contributed by atoms with Crippen LogP contribution in [0, 0.1) is 17.1 Å². The fourth-order valence-corrected chi connectivity index (χ4v) is 5.11. The molecule has 0 bridgehead atoms. The van der Waals surface area contributed by atoms with Gasteiger partial charge in [-0.25, -0.2) is 12.8 Å². The number of piperazine rings is 1. The first kappa shape index (κ1) is 20.6. The van der Waals surface area contributed by atoms with Crippen molar-refractivity contribution in [3.63, 3.8) is 0 Å². The first-order valence-corrected chi connectivity index (χ1v) is 10.4. The van der Waals surface area contributed by atoms with Crippen molar-refractivity contribution in [2.45, 2.75) is 10.9 Å². The number of sulfonamides is 1. The van der Waals surface area contributed by atoms with Crippen molar-refractivity contribution < 1.29 is 17.5 Å². The molecule has 28 heavy (non-hydrogen) atoms. The zero-order chi connectivity index (χ0) is 20.3. The summed E-state index contributed by atoms with van der Waals surface area (Å²) >= 11 is 5.93. The van der Waals surface area contributed by atoms with E-state index in [1.807, 2.05) is 17.0 Å². The van der Waals surface area contributed by atoms with E-state index in [1.54, 1.807) is 19.2 Å². The van der Waals surface area contributed by atoms with Crippen LogP contribution in [-0.2, 0) is 10.0 Å². The fourth-order valence-electron chi connectivity index (χ4n) is 3.18. The van der Waals surface area contributed by atoms with Gasteiger partial charge in [-0.2, -0.15) is 9.57 Å². The molecule has 0 N–H and O–H groups in total. The standard InChI is InChI=1S/C19H19ClFN3O3S/c1-27-16-5-2-14(3-6-16)18(13-22)23-8-10-24(11-9-23)28(25,26)19-7-4-15(21)12-17(19)20/h2-7,12,18H,8-11H2,1H3/t18-/m0/s1. The minimum Gasteiger partial charge on any atom is -0.497 e. The predicted molar refractivity (Wildman–Crippen MR) is 103 cm³/mol. The first-order chi connectivity index (χ1) is 13.4. The number of hydrogen-bond donors (Lipinski definition) is 0. The first-order valence-electron chi connectivity index (χ1n) is 8.59. The summed E-state index contributed by atoms with van der Waals surface area (Å²) in [6.07, 6.45) is 0. The van der Waals surface area contributed by atoms with Crippen molar-refractivity contribution in [1.29, 1.82) is 5.26 Å². The second kappa shape index (κ2) is 8.45. The average Bonchev–Trinajstić information content (AvgIpc) is 2.69. The summed E-state index contributed by atoms with van der Waals surface area (Å²) in [5, 5.41) is 9.47. The molecular formula is C19H19ClFN3O3S. The molecule has 2 aromatic rings. The molecule has 0 amide bonds. The summed E-state index contributed by atoms with van der Waals surface area (Å²) in [7, 11) is -2.26. The second-order valence-electron chi connectivity index (χ2n) is 6.32. The van der Waals surface area contributed by atoms with E-state index >= 15 is 0 Å². The van der Waals surface area contributed by atoms with Crippen molar-refractivity contribution in [2.75, 3.05) is 33.3 Å². The van der Waals surface area contributed by atoms with E-state index in [0.717, 1.165) is 17.7 Å². The normalized spacial score (nSPS) is 17.1. The molecular weight excluding hydrogens is 405 g/mol. The molecule has 1 fully saturated rings. The molecule has 0 aliphatic carbocycles. The molecule has 9 heteroatoms. The number of nitrogens with zero attached hydrogens (tertiary/aromatic N) is 3. The number of halogens is 2. The quantitative estimate of drug-likeness (QED) is 0.739. The predicted octanol–water partition coefficient (Wildman–Crippen LogP) is 3.06. The van der Waals surface area contributed by atoms with Crippen molar-refractivity contribution >= 4 is 21.6 Å². The van der Waals surface area contributed by atoms with Gasteiger partial charge in [0.05, 0.1) is 18.2 Å². The SMILES string of the molecule is COc1ccc([C@H](C#N)N2CCN(S(=O)(=O)c3ccc(F)cc3Cl)CC2)cc1. The molecule has 1 atom stereocenters. The Bertz CT molecular complexity index is 984. The lowest BCUT2D eigenvalue weighted by Crippen LogP contribution is -2.49. The lowest BCUT2D eigenvalue weighted by molar-refractivity contribution is 0.162. The van der Waals surface area contributed by atoms with Gasteiger partial charge < -0.3 is 4.74 Å². The Morgan fingerprint density at radius 1 is 1.14 bits per heavy atom. The molecule has 1 aliphatic heterocycles. The topological polar surface area (TPSA) is 73.6 Å². The third-order valence-electron chi connectivity index (χ3n) is 4.70. The molecule has 0 saturated carbocycles. The van der Waals surface area contributed by atoms with Crippen molar-refractivity contribution in [3.8, 4) is 11.8 Å². The number of hydrogen-bond acceptors (Lipinski definition) is 5. The van der Waals surface area contributed by atoms with E-state index < -0.39 is 21.9 Å². The third-order valence-corrected chi connectivity index (χ3v) is 7.09.